The quantitative estimate of drug-likeness (QED) is 0.218. The maximum atomic E-state index is 13.8. The summed E-state index contributed by atoms with van der Waals surface area (Å²) in [6.45, 7) is 2.12. The number of aryl methyl sites for hydroxylation is 1. The largest absolute Gasteiger partial charge is 0.332 e. The van der Waals surface area contributed by atoms with Gasteiger partial charge < -0.3 is 9.80 Å². The van der Waals surface area contributed by atoms with E-state index in [9.17, 15) is 34.2 Å². The summed E-state index contributed by atoms with van der Waals surface area (Å²) in [5, 5.41) is 24.8. The Hall–Kier alpha value is -4.19. The van der Waals surface area contributed by atoms with Crippen molar-refractivity contribution in [1.82, 2.24) is 9.80 Å². The first-order valence-corrected chi connectivity index (χ1v) is 13.8. The zero-order valence-corrected chi connectivity index (χ0v) is 22.8. The Morgan fingerprint density at radius 1 is 0.950 bits per heavy atom. The summed E-state index contributed by atoms with van der Waals surface area (Å²) in [6, 6.07) is 10.3. The first-order valence-electron chi connectivity index (χ1n) is 12.9. The van der Waals surface area contributed by atoms with Crippen molar-refractivity contribution in [3.63, 3.8) is 0 Å². The number of nitrogens with zero attached hydrogens (tertiary/aromatic N) is 4. The number of carbonyl (C=O) groups excluding carboxylic acids is 2. The number of hydrogen-bond donors (Lipinski definition) is 0. The van der Waals surface area contributed by atoms with Crippen molar-refractivity contribution in [1.29, 1.82) is 0 Å². The van der Waals surface area contributed by atoms with Gasteiger partial charge in [-0.2, -0.15) is 0 Å². The molecule has 1 heterocycles. The third-order valence-corrected chi connectivity index (χ3v) is 8.10. The average molecular weight is 569 g/mol. The lowest BCUT2D eigenvalue weighted by atomic mass is 9.93. The van der Waals surface area contributed by atoms with Gasteiger partial charge in [-0.1, -0.05) is 31.4 Å². The second-order valence-corrected chi connectivity index (χ2v) is 10.9. The number of nitro groups is 2. The van der Waals surface area contributed by atoms with Gasteiger partial charge in [0.15, 0.2) is 0 Å². The summed E-state index contributed by atoms with van der Waals surface area (Å²) < 4.78 is 13.5. The number of hydrogen-bond acceptors (Lipinski definition) is 7. The zero-order valence-electron chi connectivity index (χ0n) is 22.0. The van der Waals surface area contributed by atoms with E-state index in [1.54, 1.807) is 17.0 Å². The van der Waals surface area contributed by atoms with E-state index >= 15 is 0 Å². The Labute approximate surface area is 234 Å². The molecule has 1 aliphatic rings. The van der Waals surface area contributed by atoms with Gasteiger partial charge in [-0.3, -0.25) is 29.8 Å². The van der Waals surface area contributed by atoms with E-state index in [2.05, 4.69) is 0 Å². The zero-order chi connectivity index (χ0) is 28.8. The minimum atomic E-state index is -0.784. The molecule has 1 aromatic heterocycles. The highest BCUT2D eigenvalue weighted by atomic mass is 32.1. The van der Waals surface area contributed by atoms with Crippen molar-refractivity contribution < 1.29 is 23.8 Å². The minimum absolute atomic E-state index is 0.186. The van der Waals surface area contributed by atoms with Crippen LogP contribution in [0.2, 0.25) is 0 Å². The van der Waals surface area contributed by atoms with Gasteiger partial charge in [0.05, 0.1) is 28.0 Å². The molecule has 4 rings (SSSR count). The van der Waals surface area contributed by atoms with Crippen molar-refractivity contribution in [2.45, 2.75) is 58.2 Å². The average Bonchev–Trinajstić information content (AvgIpc) is 3.36. The molecular weight excluding hydrogens is 539 g/mol. The molecule has 0 N–H and O–H groups in total. The van der Waals surface area contributed by atoms with Gasteiger partial charge in [0, 0.05) is 29.6 Å². The number of thiophene rings is 1. The molecule has 210 valence electrons. The molecule has 12 heteroatoms. The molecule has 0 radical (unpaired) electrons. The molecule has 0 bridgehead atoms. The fourth-order valence-corrected chi connectivity index (χ4v) is 5.80. The van der Waals surface area contributed by atoms with Crippen LogP contribution in [-0.4, -0.2) is 44.0 Å². The number of carbonyl (C=O) groups is 2. The minimum Gasteiger partial charge on any atom is -0.332 e. The molecule has 1 aliphatic carbocycles. The highest BCUT2D eigenvalue weighted by Gasteiger charge is 2.32. The van der Waals surface area contributed by atoms with Crippen LogP contribution in [0.4, 0.5) is 15.8 Å². The Morgan fingerprint density at radius 3 is 2.12 bits per heavy atom. The third kappa shape index (κ3) is 7.06. The summed E-state index contributed by atoms with van der Waals surface area (Å²) >= 11 is 1.50. The molecule has 0 spiro atoms. The molecule has 1 fully saturated rings. The van der Waals surface area contributed by atoms with Crippen LogP contribution < -0.4 is 0 Å². The van der Waals surface area contributed by atoms with Crippen molar-refractivity contribution >= 4 is 34.5 Å². The molecule has 2 amide bonds. The Kier molecular flexibility index (Phi) is 9.20. The number of benzene rings is 2. The standard InChI is InChI=1S/C28H29FN4O6S/c1-19-11-12-40-26(19)17-30(16-20-7-9-22(29)10-8-20)27(34)18-31(23-5-3-2-4-6-23)28(35)21-13-24(32(36)37)15-25(14-21)33(38)39/h7-15,23H,2-6,16-18H2,1H3. The maximum Gasteiger partial charge on any atom is 0.277 e. The summed E-state index contributed by atoms with van der Waals surface area (Å²) in [6.07, 6.45) is 4.00. The van der Waals surface area contributed by atoms with E-state index in [1.165, 1.54) is 28.4 Å². The van der Waals surface area contributed by atoms with Gasteiger partial charge in [-0.25, -0.2) is 4.39 Å². The van der Waals surface area contributed by atoms with Gasteiger partial charge in [0.1, 0.15) is 12.4 Å². The first kappa shape index (κ1) is 28.8. The van der Waals surface area contributed by atoms with E-state index < -0.39 is 32.9 Å². The lowest BCUT2D eigenvalue weighted by Gasteiger charge is -2.35. The number of rotatable bonds is 10. The van der Waals surface area contributed by atoms with E-state index in [1.807, 2.05) is 18.4 Å². The summed E-state index contributed by atoms with van der Waals surface area (Å²) in [7, 11) is 0. The third-order valence-electron chi connectivity index (χ3n) is 7.10. The molecule has 0 atom stereocenters. The molecule has 0 aliphatic heterocycles. The van der Waals surface area contributed by atoms with E-state index in [4.69, 9.17) is 0 Å². The van der Waals surface area contributed by atoms with Crippen LogP contribution in [0.5, 0.6) is 0 Å². The number of halogens is 1. The van der Waals surface area contributed by atoms with Crippen LogP contribution >= 0.6 is 11.3 Å². The van der Waals surface area contributed by atoms with Gasteiger partial charge in [-0.15, -0.1) is 11.3 Å². The number of non-ortho nitro benzene ring substituents is 2. The predicted molar refractivity (Wildman–Crippen MR) is 147 cm³/mol. The van der Waals surface area contributed by atoms with E-state index in [0.29, 0.717) is 18.4 Å². The van der Waals surface area contributed by atoms with E-state index in [-0.39, 0.29) is 37.1 Å². The van der Waals surface area contributed by atoms with Crippen molar-refractivity contribution in [2.24, 2.45) is 0 Å². The molecule has 1 saturated carbocycles. The van der Waals surface area contributed by atoms with Crippen molar-refractivity contribution in [3.8, 4) is 0 Å². The monoisotopic (exact) mass is 568 g/mol. The Bertz CT molecular complexity index is 1370. The van der Waals surface area contributed by atoms with Crippen molar-refractivity contribution in [3.05, 3.63) is 102 Å². The van der Waals surface area contributed by atoms with Gasteiger partial charge in [0.25, 0.3) is 17.3 Å². The highest BCUT2D eigenvalue weighted by molar-refractivity contribution is 7.10. The predicted octanol–water partition coefficient (Wildman–Crippen LogP) is 6.02. The fraction of sp³-hybridized carbons (Fsp3) is 0.357. The van der Waals surface area contributed by atoms with Crippen LogP contribution in [0.25, 0.3) is 0 Å². The van der Waals surface area contributed by atoms with Crippen LogP contribution in [-0.2, 0) is 17.9 Å². The molecular formula is C28H29FN4O6S. The fourth-order valence-electron chi connectivity index (χ4n) is 4.88. The second-order valence-electron chi connectivity index (χ2n) is 9.88. The molecule has 2 aromatic carbocycles. The molecule has 0 unspecified atom stereocenters. The molecule has 3 aromatic rings. The maximum absolute atomic E-state index is 13.8. The number of amides is 2. The topological polar surface area (TPSA) is 127 Å². The van der Waals surface area contributed by atoms with Crippen LogP contribution in [0, 0.1) is 33.0 Å². The normalized spacial score (nSPS) is 13.6. The molecule has 40 heavy (non-hydrogen) atoms. The number of nitro benzene ring substituents is 2. The van der Waals surface area contributed by atoms with Gasteiger partial charge in [0.2, 0.25) is 5.91 Å². The first-order chi connectivity index (χ1) is 19.1. The van der Waals surface area contributed by atoms with Gasteiger partial charge >= 0.3 is 0 Å². The van der Waals surface area contributed by atoms with Gasteiger partial charge in [-0.05, 0) is 54.5 Å². The lowest BCUT2D eigenvalue weighted by Crippen LogP contribution is -2.48. The van der Waals surface area contributed by atoms with E-state index in [0.717, 1.165) is 47.9 Å². The van der Waals surface area contributed by atoms with Crippen LogP contribution in [0.15, 0.2) is 53.9 Å². The SMILES string of the molecule is Cc1ccsc1CN(Cc1ccc(F)cc1)C(=O)CN(C(=O)c1cc([N+](=O)[O-])cc([N+](=O)[O-])c1)C1CCCCC1. The Balaban J connectivity index is 1.66. The molecule has 0 saturated heterocycles. The molecule has 10 nitrogen and oxygen atoms in total. The van der Waals surface area contributed by atoms with Crippen molar-refractivity contribution in [2.75, 3.05) is 6.54 Å². The lowest BCUT2D eigenvalue weighted by molar-refractivity contribution is -0.394. The summed E-state index contributed by atoms with van der Waals surface area (Å²) in [5.41, 5.74) is 0.385. The smallest absolute Gasteiger partial charge is 0.277 e. The summed E-state index contributed by atoms with van der Waals surface area (Å²) in [4.78, 5) is 52.9. The second kappa shape index (κ2) is 12.8. The summed E-state index contributed by atoms with van der Waals surface area (Å²) in [5.74, 6) is -1.41. The van der Waals surface area contributed by atoms with Crippen LogP contribution in [0.1, 0.15) is 58.5 Å². The van der Waals surface area contributed by atoms with Crippen LogP contribution in [0.3, 0.4) is 0 Å². The Morgan fingerprint density at radius 2 is 1.57 bits per heavy atom. The highest BCUT2D eigenvalue weighted by Crippen LogP contribution is 2.28.